The average Bonchev–Trinajstić information content (AvgIpc) is 2.05. The lowest BCUT2D eigenvalue weighted by Crippen LogP contribution is -2.54. The Morgan fingerprint density at radius 3 is 3.40 bits per heavy atom. The minimum absolute atomic E-state index is 0.822. The van der Waals surface area contributed by atoms with Crippen molar-refractivity contribution < 1.29 is 0 Å². The van der Waals surface area contributed by atoms with E-state index < -0.39 is 0 Å². The minimum Gasteiger partial charge on any atom is -0.306 e. The maximum Gasteiger partial charge on any atom is 0.189 e. The van der Waals surface area contributed by atoms with Crippen LogP contribution in [-0.4, -0.2) is 25.7 Å². The van der Waals surface area contributed by atoms with Gasteiger partial charge in [-0.05, 0) is 6.42 Å². The molecule has 2 aliphatic rings. The Hall–Kier alpha value is -0.0800. The molecular weight excluding hydrogens is 124 g/mol. The van der Waals surface area contributed by atoms with Crippen molar-refractivity contribution in [3.63, 3.8) is 0 Å². The molecule has 2 heteroatoms. The van der Waals surface area contributed by atoms with Crippen LogP contribution in [0.1, 0.15) is 19.3 Å². The SMILES string of the molecule is [CH]1CCCC2CNCC[N+]12. The molecule has 2 heterocycles. The van der Waals surface area contributed by atoms with E-state index in [9.17, 15) is 0 Å². The van der Waals surface area contributed by atoms with Crippen molar-refractivity contribution in [3.8, 4) is 0 Å². The van der Waals surface area contributed by atoms with Crippen molar-refractivity contribution in [2.45, 2.75) is 25.3 Å². The molecule has 56 valence electrons. The van der Waals surface area contributed by atoms with E-state index in [1.54, 1.807) is 0 Å². The molecule has 1 N–H and O–H groups in total. The Labute approximate surface area is 62.6 Å². The van der Waals surface area contributed by atoms with Gasteiger partial charge in [-0.2, -0.15) is 4.90 Å². The summed E-state index contributed by atoms with van der Waals surface area (Å²) in [4.78, 5) is 2.51. The molecule has 0 amide bonds. The van der Waals surface area contributed by atoms with Crippen LogP contribution in [0.2, 0.25) is 0 Å². The first-order valence-corrected chi connectivity index (χ1v) is 4.26. The molecule has 2 radical (unpaired) electrons. The number of piperidine rings is 1. The Morgan fingerprint density at radius 1 is 1.50 bits per heavy atom. The fourth-order valence-electron chi connectivity index (χ4n) is 1.90. The van der Waals surface area contributed by atoms with Crippen molar-refractivity contribution in [1.82, 2.24) is 10.2 Å². The van der Waals surface area contributed by atoms with Gasteiger partial charge < -0.3 is 5.32 Å². The number of fused-ring (bicyclic) bond motifs is 1. The molecule has 0 saturated carbocycles. The van der Waals surface area contributed by atoms with Crippen LogP contribution in [0.25, 0.3) is 0 Å². The van der Waals surface area contributed by atoms with Gasteiger partial charge in [0.1, 0.15) is 12.6 Å². The van der Waals surface area contributed by atoms with Crippen LogP contribution >= 0.6 is 0 Å². The van der Waals surface area contributed by atoms with Gasteiger partial charge >= 0.3 is 0 Å². The van der Waals surface area contributed by atoms with E-state index in [0.29, 0.717) is 0 Å². The van der Waals surface area contributed by atoms with Crippen LogP contribution in [0.4, 0.5) is 0 Å². The van der Waals surface area contributed by atoms with Crippen LogP contribution in [0, 0.1) is 6.54 Å². The van der Waals surface area contributed by atoms with Crippen LogP contribution < -0.4 is 10.2 Å². The molecule has 0 spiro atoms. The van der Waals surface area contributed by atoms with E-state index in [-0.39, 0.29) is 0 Å². The molecule has 2 aliphatic heterocycles. The van der Waals surface area contributed by atoms with Crippen LogP contribution in [0.15, 0.2) is 0 Å². The number of hydrogen-bond acceptors (Lipinski definition) is 2. The molecule has 1 atom stereocenters. The summed E-state index contributed by atoms with van der Waals surface area (Å²) < 4.78 is 0. The second-order valence-corrected chi connectivity index (χ2v) is 3.21. The molecular formula is C8H15N2+. The van der Waals surface area contributed by atoms with Gasteiger partial charge in [0.25, 0.3) is 0 Å². The smallest absolute Gasteiger partial charge is 0.189 e. The number of nitrogens with one attached hydrogen (secondary N) is 1. The third-order valence-electron chi connectivity index (χ3n) is 2.50. The van der Waals surface area contributed by atoms with Crippen molar-refractivity contribution in [2.75, 3.05) is 19.6 Å². The second kappa shape index (κ2) is 2.89. The monoisotopic (exact) mass is 139 g/mol. The summed E-state index contributed by atoms with van der Waals surface area (Å²) in [6.45, 7) is 5.99. The molecule has 1 unspecified atom stereocenters. The van der Waals surface area contributed by atoms with Gasteiger partial charge in [0.05, 0.1) is 6.54 Å². The average molecular weight is 139 g/mol. The quantitative estimate of drug-likeness (QED) is 0.482. The van der Waals surface area contributed by atoms with E-state index in [4.69, 9.17) is 0 Å². The maximum absolute atomic E-state index is 3.42. The van der Waals surface area contributed by atoms with Crippen molar-refractivity contribution >= 4 is 0 Å². The molecule has 2 nitrogen and oxygen atoms in total. The minimum atomic E-state index is 0.822. The first-order chi connectivity index (χ1) is 4.97. The highest BCUT2D eigenvalue weighted by molar-refractivity contribution is 4.92. The molecule has 0 bridgehead atoms. The van der Waals surface area contributed by atoms with Gasteiger partial charge in [-0.15, -0.1) is 0 Å². The Bertz CT molecular complexity index is 87.8. The summed E-state index contributed by atoms with van der Waals surface area (Å²) in [5.74, 6) is 0. The fraction of sp³-hybridized carbons (Fsp3) is 0.875. The predicted octanol–water partition coefficient (Wildman–Crippen LogP) is 0.444. The molecule has 2 saturated heterocycles. The van der Waals surface area contributed by atoms with Crippen molar-refractivity contribution in [3.05, 3.63) is 6.54 Å². The first kappa shape index (κ1) is 6.62. The van der Waals surface area contributed by atoms with E-state index in [1.807, 2.05) is 0 Å². The lowest BCUT2D eigenvalue weighted by molar-refractivity contribution is 0.250. The topological polar surface area (TPSA) is 17.9 Å². The van der Waals surface area contributed by atoms with Crippen LogP contribution in [0.5, 0.6) is 0 Å². The van der Waals surface area contributed by atoms with Gasteiger partial charge in [0, 0.05) is 19.4 Å². The van der Waals surface area contributed by atoms with Gasteiger partial charge in [0.15, 0.2) is 6.54 Å². The van der Waals surface area contributed by atoms with Gasteiger partial charge in [-0.25, -0.2) is 0 Å². The summed E-state index contributed by atoms with van der Waals surface area (Å²) in [7, 11) is 0. The largest absolute Gasteiger partial charge is 0.306 e. The number of rotatable bonds is 0. The number of nitrogens with zero attached hydrogens (tertiary/aromatic N) is 1. The zero-order valence-corrected chi connectivity index (χ0v) is 6.34. The van der Waals surface area contributed by atoms with Crippen LogP contribution in [0.3, 0.4) is 0 Å². The zero-order valence-electron chi connectivity index (χ0n) is 6.34. The Balaban J connectivity index is 1.93. The predicted molar refractivity (Wildman–Crippen MR) is 41.8 cm³/mol. The van der Waals surface area contributed by atoms with E-state index in [2.05, 4.69) is 16.8 Å². The van der Waals surface area contributed by atoms with Crippen molar-refractivity contribution in [1.29, 1.82) is 0 Å². The third kappa shape index (κ3) is 1.18. The molecule has 0 aromatic carbocycles. The normalized spacial score (nSPS) is 35.4. The standard InChI is InChI=1S/C8H15N2/c1-2-5-10-6-4-9-7-8(10)3-1/h5,8-9H,1-4,6-7H2/q+1. The van der Waals surface area contributed by atoms with E-state index >= 15 is 0 Å². The number of hydrogen-bond donors (Lipinski definition) is 1. The van der Waals surface area contributed by atoms with Gasteiger partial charge in [-0.3, -0.25) is 0 Å². The molecule has 10 heavy (non-hydrogen) atoms. The molecule has 2 rings (SSSR count). The highest BCUT2D eigenvalue weighted by Gasteiger charge is 2.33. The summed E-state index contributed by atoms with van der Waals surface area (Å²) in [6, 6.07) is 0.822. The highest BCUT2D eigenvalue weighted by Crippen LogP contribution is 2.17. The lowest BCUT2D eigenvalue weighted by Gasteiger charge is -2.29. The summed E-state index contributed by atoms with van der Waals surface area (Å²) in [5.41, 5.74) is 0. The second-order valence-electron chi connectivity index (χ2n) is 3.21. The summed E-state index contributed by atoms with van der Waals surface area (Å²) >= 11 is 0. The Morgan fingerprint density at radius 2 is 2.50 bits per heavy atom. The zero-order chi connectivity index (χ0) is 6.81. The summed E-state index contributed by atoms with van der Waals surface area (Å²) in [5, 5.41) is 3.42. The van der Waals surface area contributed by atoms with E-state index in [0.717, 1.165) is 6.04 Å². The molecule has 0 aromatic rings. The molecule has 2 fully saturated rings. The fourth-order valence-corrected chi connectivity index (χ4v) is 1.90. The third-order valence-corrected chi connectivity index (χ3v) is 2.50. The first-order valence-electron chi connectivity index (χ1n) is 4.26. The number of piperazine rings is 1. The summed E-state index contributed by atoms with van der Waals surface area (Å²) in [6.07, 6.45) is 4.09. The molecule has 0 aliphatic carbocycles. The van der Waals surface area contributed by atoms with Gasteiger partial charge in [-0.1, -0.05) is 0 Å². The van der Waals surface area contributed by atoms with Crippen LogP contribution in [-0.2, 0) is 0 Å². The van der Waals surface area contributed by atoms with E-state index in [1.165, 1.54) is 38.9 Å². The van der Waals surface area contributed by atoms with Crippen molar-refractivity contribution in [2.24, 2.45) is 0 Å². The highest BCUT2D eigenvalue weighted by atomic mass is 15.2. The lowest BCUT2D eigenvalue weighted by atomic mass is 10.0. The maximum atomic E-state index is 3.42. The molecule has 0 aromatic heterocycles. The Kier molecular flexibility index (Phi) is 1.91. The van der Waals surface area contributed by atoms with Gasteiger partial charge in [0.2, 0.25) is 0 Å².